The van der Waals surface area contributed by atoms with E-state index in [1.807, 2.05) is 0 Å². The molecule has 1 aliphatic heterocycles. The van der Waals surface area contributed by atoms with Gasteiger partial charge in [0.25, 0.3) is 0 Å². The van der Waals surface area contributed by atoms with Crippen molar-refractivity contribution in [3.8, 4) is 0 Å². The van der Waals surface area contributed by atoms with Gasteiger partial charge in [-0.3, -0.25) is 9.59 Å². The maximum atomic E-state index is 12.5. The van der Waals surface area contributed by atoms with Gasteiger partial charge in [-0.1, -0.05) is 12.1 Å². The lowest BCUT2D eigenvalue weighted by atomic mass is 9.98. The fraction of sp³-hybridized carbons (Fsp3) is 0.500. The molecule has 1 heterocycles. The van der Waals surface area contributed by atoms with Gasteiger partial charge in [-0.25, -0.2) is 0 Å². The summed E-state index contributed by atoms with van der Waals surface area (Å²) in [5.41, 5.74) is 4.99. The predicted molar refractivity (Wildman–Crippen MR) is 78.3 cm³/mol. The molecule has 0 radical (unpaired) electrons. The number of piperidine rings is 1. The molecule has 23 heavy (non-hydrogen) atoms. The summed E-state index contributed by atoms with van der Waals surface area (Å²) in [5.74, 6) is -0.639. The molecule has 2 rings (SSSR count). The van der Waals surface area contributed by atoms with Crippen LogP contribution in [0.2, 0.25) is 0 Å². The number of alkyl halides is 3. The number of hydrogen-bond donors (Lipinski definition) is 1. The third-order valence-corrected chi connectivity index (χ3v) is 4.02. The average Bonchev–Trinajstić information content (AvgIpc) is 2.46. The van der Waals surface area contributed by atoms with E-state index >= 15 is 0 Å². The zero-order chi connectivity index (χ0) is 17.0. The molecular formula is C16H19F3N2O2. The molecule has 0 aliphatic carbocycles. The Kier molecular flexibility index (Phi) is 5.28. The fourth-order valence-electron chi connectivity index (χ4n) is 2.86. The summed E-state index contributed by atoms with van der Waals surface area (Å²) in [6, 6.07) is 4.37. The van der Waals surface area contributed by atoms with Crippen molar-refractivity contribution in [2.75, 3.05) is 6.54 Å². The molecule has 2 N–H and O–H groups in total. The van der Waals surface area contributed by atoms with Gasteiger partial charge in [0.05, 0.1) is 12.0 Å². The molecule has 1 atom stereocenters. The van der Waals surface area contributed by atoms with Crippen molar-refractivity contribution in [3.05, 3.63) is 35.4 Å². The van der Waals surface area contributed by atoms with Crippen LogP contribution in [-0.4, -0.2) is 29.3 Å². The maximum Gasteiger partial charge on any atom is 0.416 e. The molecule has 0 aromatic heterocycles. The summed E-state index contributed by atoms with van der Waals surface area (Å²) >= 11 is 0. The second kappa shape index (κ2) is 7.02. The Morgan fingerprint density at radius 2 is 1.83 bits per heavy atom. The summed E-state index contributed by atoms with van der Waals surface area (Å²) in [6.45, 7) is 0.553. The van der Waals surface area contributed by atoms with Crippen LogP contribution in [0.4, 0.5) is 13.2 Å². The van der Waals surface area contributed by atoms with Crippen LogP contribution < -0.4 is 5.73 Å². The lowest BCUT2D eigenvalue weighted by molar-refractivity contribution is -0.137. The molecule has 1 aliphatic rings. The average molecular weight is 328 g/mol. The monoisotopic (exact) mass is 328 g/mol. The Morgan fingerprint density at radius 3 is 2.39 bits per heavy atom. The molecule has 2 amide bonds. The number of rotatable bonds is 4. The lowest BCUT2D eigenvalue weighted by Gasteiger charge is -2.35. The Labute approximate surface area is 132 Å². The SMILES string of the molecule is NC(=O)C[C@H]1CCCCN1C(=O)Cc1ccc(C(F)(F)F)cc1. The first kappa shape index (κ1) is 17.3. The zero-order valence-corrected chi connectivity index (χ0v) is 12.6. The number of primary amides is 1. The Bertz CT molecular complexity index is 570. The van der Waals surface area contributed by atoms with E-state index in [2.05, 4.69) is 0 Å². The van der Waals surface area contributed by atoms with Crippen LogP contribution in [0.5, 0.6) is 0 Å². The van der Waals surface area contributed by atoms with Crippen LogP contribution in [0.3, 0.4) is 0 Å². The second-order valence-electron chi connectivity index (χ2n) is 5.78. The number of amides is 2. The fourth-order valence-corrected chi connectivity index (χ4v) is 2.86. The van der Waals surface area contributed by atoms with Crippen LogP contribution in [0.1, 0.15) is 36.8 Å². The van der Waals surface area contributed by atoms with E-state index in [1.165, 1.54) is 12.1 Å². The number of nitrogens with zero attached hydrogens (tertiary/aromatic N) is 1. The van der Waals surface area contributed by atoms with Gasteiger partial charge in [0.1, 0.15) is 0 Å². The number of benzene rings is 1. The molecule has 126 valence electrons. The lowest BCUT2D eigenvalue weighted by Crippen LogP contribution is -2.46. The molecule has 0 saturated carbocycles. The first-order valence-corrected chi connectivity index (χ1v) is 7.51. The first-order chi connectivity index (χ1) is 10.8. The second-order valence-corrected chi connectivity index (χ2v) is 5.78. The van der Waals surface area contributed by atoms with Crippen molar-refractivity contribution >= 4 is 11.8 Å². The van der Waals surface area contributed by atoms with E-state index < -0.39 is 17.6 Å². The minimum Gasteiger partial charge on any atom is -0.370 e. The summed E-state index contributed by atoms with van der Waals surface area (Å²) in [6.07, 6.45) is -1.73. The van der Waals surface area contributed by atoms with Crippen molar-refractivity contribution in [1.29, 1.82) is 0 Å². The van der Waals surface area contributed by atoms with Gasteiger partial charge in [0.2, 0.25) is 11.8 Å². The van der Waals surface area contributed by atoms with Crippen LogP contribution in [0, 0.1) is 0 Å². The standard InChI is InChI=1S/C16H19F3N2O2/c17-16(18,19)12-6-4-11(5-7-12)9-15(23)21-8-2-1-3-13(21)10-14(20)22/h4-7,13H,1-3,8-10H2,(H2,20,22)/t13-/m1/s1. The van der Waals surface area contributed by atoms with Crippen LogP contribution in [-0.2, 0) is 22.2 Å². The van der Waals surface area contributed by atoms with Crippen molar-refractivity contribution in [2.45, 2.75) is 44.3 Å². The number of nitrogens with two attached hydrogens (primary N) is 1. The Balaban J connectivity index is 2.03. The highest BCUT2D eigenvalue weighted by molar-refractivity contribution is 5.81. The van der Waals surface area contributed by atoms with E-state index in [-0.39, 0.29) is 24.8 Å². The quantitative estimate of drug-likeness (QED) is 0.923. The van der Waals surface area contributed by atoms with Gasteiger partial charge in [0.15, 0.2) is 0 Å². The minimum atomic E-state index is -4.39. The van der Waals surface area contributed by atoms with E-state index in [9.17, 15) is 22.8 Å². The number of hydrogen-bond acceptors (Lipinski definition) is 2. The van der Waals surface area contributed by atoms with Crippen molar-refractivity contribution in [3.63, 3.8) is 0 Å². The largest absolute Gasteiger partial charge is 0.416 e. The van der Waals surface area contributed by atoms with E-state index in [0.717, 1.165) is 31.4 Å². The smallest absolute Gasteiger partial charge is 0.370 e. The molecular weight excluding hydrogens is 309 g/mol. The summed E-state index contributed by atoms with van der Waals surface area (Å²) in [4.78, 5) is 25.1. The van der Waals surface area contributed by atoms with Gasteiger partial charge in [-0.05, 0) is 37.0 Å². The maximum absolute atomic E-state index is 12.5. The Morgan fingerprint density at radius 1 is 1.17 bits per heavy atom. The molecule has 0 spiro atoms. The van der Waals surface area contributed by atoms with Crippen LogP contribution in [0.15, 0.2) is 24.3 Å². The van der Waals surface area contributed by atoms with Gasteiger partial charge in [0, 0.05) is 19.0 Å². The summed E-state index contributed by atoms with van der Waals surface area (Å²) < 4.78 is 37.6. The van der Waals surface area contributed by atoms with Gasteiger partial charge in [-0.2, -0.15) is 13.2 Å². The molecule has 1 aromatic carbocycles. The molecule has 0 bridgehead atoms. The number of likely N-dealkylation sites (tertiary alicyclic amines) is 1. The number of halogens is 3. The summed E-state index contributed by atoms with van der Waals surface area (Å²) in [7, 11) is 0. The highest BCUT2D eigenvalue weighted by Gasteiger charge is 2.31. The van der Waals surface area contributed by atoms with Crippen molar-refractivity contribution < 1.29 is 22.8 Å². The highest BCUT2D eigenvalue weighted by Crippen LogP contribution is 2.29. The highest BCUT2D eigenvalue weighted by atomic mass is 19.4. The number of carbonyl (C=O) groups is 2. The topological polar surface area (TPSA) is 63.4 Å². The van der Waals surface area contributed by atoms with E-state index in [1.54, 1.807) is 4.90 Å². The normalized spacial score (nSPS) is 18.7. The molecule has 4 nitrogen and oxygen atoms in total. The van der Waals surface area contributed by atoms with Crippen molar-refractivity contribution in [2.24, 2.45) is 5.73 Å². The van der Waals surface area contributed by atoms with Gasteiger partial charge in [-0.15, -0.1) is 0 Å². The zero-order valence-electron chi connectivity index (χ0n) is 12.6. The van der Waals surface area contributed by atoms with E-state index in [0.29, 0.717) is 12.1 Å². The van der Waals surface area contributed by atoms with Gasteiger partial charge >= 0.3 is 6.18 Å². The van der Waals surface area contributed by atoms with Gasteiger partial charge < -0.3 is 10.6 Å². The summed E-state index contributed by atoms with van der Waals surface area (Å²) in [5, 5.41) is 0. The van der Waals surface area contributed by atoms with E-state index in [4.69, 9.17) is 5.73 Å². The molecule has 7 heteroatoms. The Hall–Kier alpha value is -2.05. The molecule has 1 aromatic rings. The van der Waals surface area contributed by atoms with Crippen molar-refractivity contribution in [1.82, 2.24) is 4.90 Å². The molecule has 0 unspecified atom stereocenters. The predicted octanol–water partition coefficient (Wildman–Crippen LogP) is 2.50. The minimum absolute atomic E-state index is 0.0212. The number of carbonyl (C=O) groups excluding carboxylic acids is 2. The third kappa shape index (κ3) is 4.71. The first-order valence-electron chi connectivity index (χ1n) is 7.51. The third-order valence-electron chi connectivity index (χ3n) is 4.02. The van der Waals surface area contributed by atoms with Crippen LogP contribution >= 0.6 is 0 Å². The van der Waals surface area contributed by atoms with Crippen LogP contribution in [0.25, 0.3) is 0 Å². The molecule has 1 fully saturated rings. The molecule has 1 saturated heterocycles.